The van der Waals surface area contributed by atoms with Crippen molar-refractivity contribution < 1.29 is 9.53 Å². The first kappa shape index (κ1) is 15.1. The molecule has 0 aliphatic heterocycles. The zero-order valence-electron chi connectivity index (χ0n) is 12.6. The molecule has 0 atom stereocenters. The van der Waals surface area contributed by atoms with Gasteiger partial charge < -0.3 is 10.5 Å². The molecule has 0 spiro atoms. The second-order valence-electron chi connectivity index (χ2n) is 5.40. The maximum atomic E-state index is 11.8. The van der Waals surface area contributed by atoms with E-state index in [1.165, 1.54) is 11.1 Å². The van der Waals surface area contributed by atoms with Crippen LogP contribution >= 0.6 is 0 Å². The Kier molecular flexibility index (Phi) is 4.99. The van der Waals surface area contributed by atoms with Crippen LogP contribution in [0.1, 0.15) is 28.7 Å². The third kappa shape index (κ3) is 4.95. The summed E-state index contributed by atoms with van der Waals surface area (Å²) in [6.07, 6.45) is 1.02. The maximum Gasteiger partial charge on any atom is 0.306 e. The van der Waals surface area contributed by atoms with Crippen molar-refractivity contribution in [3.8, 4) is 0 Å². The van der Waals surface area contributed by atoms with Gasteiger partial charge in [-0.3, -0.25) is 4.79 Å². The summed E-state index contributed by atoms with van der Waals surface area (Å²) in [5, 5.41) is 0. The van der Waals surface area contributed by atoms with E-state index in [4.69, 9.17) is 10.5 Å². The molecule has 21 heavy (non-hydrogen) atoms. The third-order valence-corrected chi connectivity index (χ3v) is 3.25. The van der Waals surface area contributed by atoms with E-state index in [1.807, 2.05) is 50.2 Å². The van der Waals surface area contributed by atoms with Crippen LogP contribution in [0.5, 0.6) is 0 Å². The topological polar surface area (TPSA) is 52.3 Å². The standard InChI is InChI=1S/C18H21NO2/c1-13-8-14(2)10-16(9-13)12-21-18(20)7-6-15-4-3-5-17(19)11-15/h3-5,8-11H,6-7,12,19H2,1-2H3. The van der Waals surface area contributed by atoms with Gasteiger partial charge in [-0.25, -0.2) is 0 Å². The van der Waals surface area contributed by atoms with Crippen molar-refractivity contribution in [1.82, 2.24) is 0 Å². The lowest BCUT2D eigenvalue weighted by Gasteiger charge is -2.07. The first-order valence-corrected chi connectivity index (χ1v) is 7.10. The summed E-state index contributed by atoms with van der Waals surface area (Å²) in [7, 11) is 0. The molecule has 2 aromatic rings. The molecule has 2 rings (SSSR count). The number of anilines is 1. The van der Waals surface area contributed by atoms with Crippen LogP contribution < -0.4 is 5.73 Å². The van der Waals surface area contributed by atoms with Gasteiger partial charge in [-0.05, 0) is 43.5 Å². The second kappa shape index (κ2) is 6.93. The normalized spacial score (nSPS) is 10.4. The van der Waals surface area contributed by atoms with Gasteiger partial charge in [0.1, 0.15) is 6.61 Å². The third-order valence-electron chi connectivity index (χ3n) is 3.25. The van der Waals surface area contributed by atoms with Gasteiger partial charge in [0.15, 0.2) is 0 Å². The first-order valence-electron chi connectivity index (χ1n) is 7.10. The van der Waals surface area contributed by atoms with E-state index in [0.717, 1.165) is 16.8 Å². The summed E-state index contributed by atoms with van der Waals surface area (Å²) < 4.78 is 5.32. The fourth-order valence-corrected chi connectivity index (χ4v) is 2.38. The van der Waals surface area contributed by atoms with E-state index in [2.05, 4.69) is 6.07 Å². The lowest BCUT2D eigenvalue weighted by atomic mass is 10.1. The number of ether oxygens (including phenoxy) is 1. The molecule has 0 bridgehead atoms. The summed E-state index contributed by atoms with van der Waals surface area (Å²) in [5.74, 6) is -0.184. The van der Waals surface area contributed by atoms with Crippen LogP contribution in [-0.2, 0) is 22.6 Å². The zero-order valence-corrected chi connectivity index (χ0v) is 12.6. The molecule has 0 radical (unpaired) electrons. The van der Waals surface area contributed by atoms with Gasteiger partial charge in [0, 0.05) is 12.1 Å². The van der Waals surface area contributed by atoms with Crippen LogP contribution in [0.25, 0.3) is 0 Å². The molecule has 110 valence electrons. The lowest BCUT2D eigenvalue weighted by molar-refractivity contribution is -0.144. The highest BCUT2D eigenvalue weighted by atomic mass is 16.5. The molecular weight excluding hydrogens is 262 g/mol. The molecule has 3 heteroatoms. The summed E-state index contributed by atoms with van der Waals surface area (Å²) >= 11 is 0. The Morgan fingerprint density at radius 2 is 1.76 bits per heavy atom. The molecule has 0 fully saturated rings. The second-order valence-corrected chi connectivity index (χ2v) is 5.40. The lowest BCUT2D eigenvalue weighted by Crippen LogP contribution is -2.06. The van der Waals surface area contributed by atoms with Crippen LogP contribution in [-0.4, -0.2) is 5.97 Å². The van der Waals surface area contributed by atoms with Crippen molar-refractivity contribution in [2.45, 2.75) is 33.3 Å². The Labute approximate surface area is 125 Å². The highest BCUT2D eigenvalue weighted by Gasteiger charge is 2.05. The number of esters is 1. The van der Waals surface area contributed by atoms with Crippen LogP contribution in [0.3, 0.4) is 0 Å². The van der Waals surface area contributed by atoms with Crippen LogP contribution in [0.15, 0.2) is 42.5 Å². The van der Waals surface area contributed by atoms with E-state index >= 15 is 0 Å². The summed E-state index contributed by atoms with van der Waals surface area (Å²) in [5.41, 5.74) is 10.9. The van der Waals surface area contributed by atoms with Gasteiger partial charge in [-0.1, -0.05) is 41.5 Å². The van der Waals surface area contributed by atoms with E-state index in [9.17, 15) is 4.79 Å². The van der Waals surface area contributed by atoms with E-state index in [0.29, 0.717) is 19.4 Å². The molecular formula is C18H21NO2. The molecule has 0 heterocycles. The smallest absolute Gasteiger partial charge is 0.306 e. The minimum absolute atomic E-state index is 0.184. The average Bonchev–Trinajstić information content (AvgIpc) is 2.42. The van der Waals surface area contributed by atoms with Gasteiger partial charge in [-0.15, -0.1) is 0 Å². The molecule has 0 amide bonds. The predicted molar refractivity (Wildman–Crippen MR) is 84.9 cm³/mol. The first-order chi connectivity index (χ1) is 10.0. The van der Waals surface area contributed by atoms with Crippen molar-refractivity contribution in [3.05, 3.63) is 64.7 Å². The molecule has 0 unspecified atom stereocenters. The van der Waals surface area contributed by atoms with E-state index in [-0.39, 0.29) is 5.97 Å². The summed E-state index contributed by atoms with van der Waals surface area (Å²) in [6, 6.07) is 13.8. The van der Waals surface area contributed by atoms with Gasteiger partial charge >= 0.3 is 5.97 Å². The summed E-state index contributed by atoms with van der Waals surface area (Å²) in [6.45, 7) is 4.41. The largest absolute Gasteiger partial charge is 0.461 e. The Morgan fingerprint density at radius 1 is 1.05 bits per heavy atom. The number of nitrogen functional groups attached to an aromatic ring is 1. The number of benzene rings is 2. The molecule has 0 aliphatic rings. The van der Waals surface area contributed by atoms with Gasteiger partial charge in [0.25, 0.3) is 0 Å². The van der Waals surface area contributed by atoms with Crippen molar-refractivity contribution in [3.63, 3.8) is 0 Å². The molecule has 0 saturated carbocycles. The minimum atomic E-state index is -0.184. The minimum Gasteiger partial charge on any atom is -0.461 e. The zero-order chi connectivity index (χ0) is 15.2. The Morgan fingerprint density at radius 3 is 2.43 bits per heavy atom. The SMILES string of the molecule is Cc1cc(C)cc(COC(=O)CCc2cccc(N)c2)c1. The Bertz CT molecular complexity index is 615. The van der Waals surface area contributed by atoms with E-state index in [1.54, 1.807) is 0 Å². The average molecular weight is 283 g/mol. The Balaban J connectivity index is 1.82. The molecule has 0 aromatic heterocycles. The molecule has 2 aromatic carbocycles. The van der Waals surface area contributed by atoms with Gasteiger partial charge in [-0.2, -0.15) is 0 Å². The number of rotatable bonds is 5. The molecule has 3 nitrogen and oxygen atoms in total. The summed E-state index contributed by atoms with van der Waals surface area (Å²) in [4.78, 5) is 11.8. The number of nitrogens with two attached hydrogens (primary N) is 1. The number of carbonyl (C=O) groups is 1. The highest BCUT2D eigenvalue weighted by Crippen LogP contribution is 2.12. The van der Waals surface area contributed by atoms with Crippen LogP contribution in [0.2, 0.25) is 0 Å². The molecule has 2 N–H and O–H groups in total. The van der Waals surface area contributed by atoms with Crippen LogP contribution in [0, 0.1) is 13.8 Å². The van der Waals surface area contributed by atoms with Crippen molar-refractivity contribution in [1.29, 1.82) is 0 Å². The van der Waals surface area contributed by atoms with Crippen molar-refractivity contribution >= 4 is 11.7 Å². The quantitative estimate of drug-likeness (QED) is 0.674. The van der Waals surface area contributed by atoms with Gasteiger partial charge in [0.05, 0.1) is 0 Å². The molecule has 0 aliphatic carbocycles. The maximum absolute atomic E-state index is 11.8. The highest BCUT2D eigenvalue weighted by molar-refractivity contribution is 5.69. The van der Waals surface area contributed by atoms with Crippen molar-refractivity contribution in [2.75, 3.05) is 5.73 Å². The number of aryl methyl sites for hydroxylation is 3. The van der Waals surface area contributed by atoms with E-state index < -0.39 is 0 Å². The fraction of sp³-hybridized carbons (Fsp3) is 0.278. The number of hydrogen-bond acceptors (Lipinski definition) is 3. The van der Waals surface area contributed by atoms with Crippen LogP contribution in [0.4, 0.5) is 5.69 Å². The predicted octanol–water partition coefficient (Wildman–Crippen LogP) is 3.56. The molecule has 0 saturated heterocycles. The fourth-order valence-electron chi connectivity index (χ4n) is 2.38. The van der Waals surface area contributed by atoms with Gasteiger partial charge in [0.2, 0.25) is 0 Å². The number of hydrogen-bond donors (Lipinski definition) is 1. The monoisotopic (exact) mass is 283 g/mol. The van der Waals surface area contributed by atoms with Crippen molar-refractivity contribution in [2.24, 2.45) is 0 Å². The Hall–Kier alpha value is -2.29. The number of carbonyl (C=O) groups excluding carboxylic acids is 1.